The Labute approximate surface area is 145 Å². The molecule has 1 fully saturated rings. The number of nitrogens with zero attached hydrogens (tertiary/aromatic N) is 2. The van der Waals surface area contributed by atoms with E-state index in [0.717, 1.165) is 31.6 Å². The number of hydrogen-bond acceptors (Lipinski definition) is 4. The lowest BCUT2D eigenvalue weighted by molar-refractivity contribution is 0.102. The SMILES string of the molecule is O=Nc1ccc(C(=O)Nc2cc(CF)ccc2N2CCCCC2)cc1. The number of carbonyl (C=O) groups is 1. The summed E-state index contributed by atoms with van der Waals surface area (Å²) in [5, 5.41) is 5.70. The Balaban J connectivity index is 1.85. The van der Waals surface area contributed by atoms with E-state index in [1.807, 2.05) is 6.07 Å². The molecule has 1 saturated heterocycles. The van der Waals surface area contributed by atoms with Crippen LogP contribution in [0.25, 0.3) is 0 Å². The molecule has 0 saturated carbocycles. The molecule has 6 heteroatoms. The second-order valence-electron chi connectivity index (χ2n) is 6.13. The fourth-order valence-electron chi connectivity index (χ4n) is 3.05. The highest BCUT2D eigenvalue weighted by molar-refractivity contribution is 6.06. The van der Waals surface area contributed by atoms with Crippen LogP contribution in [0.2, 0.25) is 0 Å². The van der Waals surface area contributed by atoms with E-state index < -0.39 is 6.67 Å². The van der Waals surface area contributed by atoms with Gasteiger partial charge in [-0.3, -0.25) is 4.79 Å². The number of alkyl halides is 1. The molecule has 0 radical (unpaired) electrons. The van der Waals surface area contributed by atoms with Crippen LogP contribution in [0.5, 0.6) is 0 Å². The lowest BCUT2D eigenvalue weighted by Gasteiger charge is -2.30. The quantitative estimate of drug-likeness (QED) is 0.795. The van der Waals surface area contributed by atoms with Gasteiger partial charge in [-0.25, -0.2) is 4.39 Å². The summed E-state index contributed by atoms with van der Waals surface area (Å²) in [6, 6.07) is 11.4. The molecule has 130 valence electrons. The minimum atomic E-state index is -0.581. The Morgan fingerprint density at radius 1 is 1.08 bits per heavy atom. The van der Waals surface area contributed by atoms with Crippen LogP contribution in [-0.2, 0) is 6.67 Å². The van der Waals surface area contributed by atoms with Gasteiger partial charge in [-0.15, -0.1) is 4.91 Å². The van der Waals surface area contributed by atoms with Gasteiger partial charge in [0, 0.05) is 18.7 Å². The van der Waals surface area contributed by atoms with Crippen molar-refractivity contribution in [2.75, 3.05) is 23.3 Å². The molecule has 1 amide bonds. The Kier molecular flexibility index (Phi) is 5.38. The Morgan fingerprint density at radius 2 is 1.80 bits per heavy atom. The molecule has 0 aromatic heterocycles. The summed E-state index contributed by atoms with van der Waals surface area (Å²) in [5.41, 5.74) is 2.74. The molecular formula is C19H20FN3O2. The lowest BCUT2D eigenvalue weighted by Crippen LogP contribution is -2.30. The fourth-order valence-corrected chi connectivity index (χ4v) is 3.05. The Bertz CT molecular complexity index is 756. The van der Waals surface area contributed by atoms with Crippen molar-refractivity contribution in [1.82, 2.24) is 0 Å². The standard InChI is InChI=1S/C19H20FN3O2/c20-13-14-4-9-18(23-10-2-1-3-11-23)17(12-14)21-19(24)15-5-7-16(22-25)8-6-15/h4-9,12H,1-3,10-11,13H2,(H,21,24). The first-order chi connectivity index (χ1) is 12.2. The van der Waals surface area contributed by atoms with Crippen molar-refractivity contribution in [3.8, 4) is 0 Å². The Morgan fingerprint density at radius 3 is 2.44 bits per heavy atom. The maximum atomic E-state index is 13.1. The normalized spacial score (nSPS) is 14.2. The van der Waals surface area contributed by atoms with E-state index in [0.29, 0.717) is 16.8 Å². The first kappa shape index (κ1) is 17.1. The molecule has 0 aliphatic carbocycles. The molecule has 2 aromatic carbocycles. The molecule has 1 N–H and O–H groups in total. The maximum Gasteiger partial charge on any atom is 0.255 e. The van der Waals surface area contributed by atoms with E-state index in [-0.39, 0.29) is 11.6 Å². The topological polar surface area (TPSA) is 61.8 Å². The third-order valence-corrected chi connectivity index (χ3v) is 4.40. The first-order valence-electron chi connectivity index (χ1n) is 8.40. The van der Waals surface area contributed by atoms with Crippen molar-refractivity contribution in [3.05, 3.63) is 58.5 Å². The molecule has 0 atom stereocenters. The van der Waals surface area contributed by atoms with Gasteiger partial charge in [0.25, 0.3) is 5.91 Å². The summed E-state index contributed by atoms with van der Waals surface area (Å²) >= 11 is 0. The van der Waals surface area contributed by atoms with E-state index in [4.69, 9.17) is 0 Å². The zero-order valence-corrected chi connectivity index (χ0v) is 13.9. The molecule has 0 bridgehead atoms. The van der Waals surface area contributed by atoms with Crippen LogP contribution in [0.3, 0.4) is 0 Å². The van der Waals surface area contributed by atoms with Crippen molar-refractivity contribution in [2.24, 2.45) is 5.18 Å². The summed E-state index contributed by atoms with van der Waals surface area (Å²) in [5.74, 6) is -0.299. The third-order valence-electron chi connectivity index (χ3n) is 4.40. The number of hydrogen-bond donors (Lipinski definition) is 1. The van der Waals surface area contributed by atoms with Crippen molar-refractivity contribution < 1.29 is 9.18 Å². The van der Waals surface area contributed by atoms with E-state index in [9.17, 15) is 14.1 Å². The number of benzene rings is 2. The molecule has 1 heterocycles. The average Bonchev–Trinajstić information content (AvgIpc) is 2.68. The van der Waals surface area contributed by atoms with Crippen LogP contribution in [-0.4, -0.2) is 19.0 Å². The van der Waals surface area contributed by atoms with Crippen LogP contribution in [0, 0.1) is 4.91 Å². The van der Waals surface area contributed by atoms with E-state index in [2.05, 4.69) is 15.4 Å². The molecule has 25 heavy (non-hydrogen) atoms. The second-order valence-corrected chi connectivity index (χ2v) is 6.13. The van der Waals surface area contributed by atoms with Gasteiger partial charge in [0.1, 0.15) is 12.4 Å². The Hall–Kier alpha value is -2.76. The molecule has 5 nitrogen and oxygen atoms in total. The van der Waals surface area contributed by atoms with Crippen LogP contribution in [0.1, 0.15) is 35.2 Å². The second kappa shape index (κ2) is 7.88. The number of rotatable bonds is 5. The predicted octanol–water partition coefficient (Wildman–Crippen LogP) is 4.80. The molecule has 1 aliphatic rings. The summed E-state index contributed by atoms with van der Waals surface area (Å²) in [6.07, 6.45) is 3.43. The predicted molar refractivity (Wildman–Crippen MR) is 97.2 cm³/mol. The molecule has 2 aromatic rings. The van der Waals surface area contributed by atoms with Gasteiger partial charge in [0.05, 0.1) is 11.4 Å². The van der Waals surface area contributed by atoms with Crippen LogP contribution in [0.4, 0.5) is 21.5 Å². The van der Waals surface area contributed by atoms with Crippen LogP contribution >= 0.6 is 0 Å². The molecular weight excluding hydrogens is 321 g/mol. The van der Waals surface area contributed by atoms with Gasteiger partial charge in [-0.1, -0.05) is 6.07 Å². The fraction of sp³-hybridized carbons (Fsp3) is 0.316. The number of nitrogens with one attached hydrogen (secondary N) is 1. The number of anilines is 2. The van der Waals surface area contributed by atoms with E-state index in [1.54, 1.807) is 24.3 Å². The zero-order valence-electron chi connectivity index (χ0n) is 13.9. The molecule has 3 rings (SSSR count). The van der Waals surface area contributed by atoms with E-state index >= 15 is 0 Å². The van der Waals surface area contributed by atoms with Gasteiger partial charge in [-0.05, 0) is 66.4 Å². The highest BCUT2D eigenvalue weighted by atomic mass is 19.1. The maximum absolute atomic E-state index is 13.1. The van der Waals surface area contributed by atoms with Crippen molar-refractivity contribution >= 4 is 23.0 Å². The van der Waals surface area contributed by atoms with Gasteiger partial charge in [0.15, 0.2) is 0 Å². The molecule has 0 spiro atoms. The number of halogens is 1. The summed E-state index contributed by atoms with van der Waals surface area (Å²) in [4.78, 5) is 25.2. The van der Waals surface area contributed by atoms with Gasteiger partial charge in [0.2, 0.25) is 0 Å². The first-order valence-corrected chi connectivity index (χ1v) is 8.40. The highest BCUT2D eigenvalue weighted by Gasteiger charge is 2.17. The highest BCUT2D eigenvalue weighted by Crippen LogP contribution is 2.30. The monoisotopic (exact) mass is 341 g/mol. The molecule has 1 aliphatic heterocycles. The molecule has 0 unspecified atom stereocenters. The minimum Gasteiger partial charge on any atom is -0.370 e. The number of nitroso groups, excluding NO2 is 1. The van der Waals surface area contributed by atoms with Gasteiger partial charge >= 0.3 is 0 Å². The minimum absolute atomic E-state index is 0.269. The number of carbonyl (C=O) groups excluding carboxylic acids is 1. The van der Waals surface area contributed by atoms with Crippen molar-refractivity contribution in [1.29, 1.82) is 0 Å². The van der Waals surface area contributed by atoms with Crippen molar-refractivity contribution in [3.63, 3.8) is 0 Å². The van der Waals surface area contributed by atoms with Gasteiger partial charge in [-0.2, -0.15) is 0 Å². The summed E-state index contributed by atoms with van der Waals surface area (Å²) in [6.45, 7) is 1.28. The van der Waals surface area contributed by atoms with Crippen LogP contribution in [0.15, 0.2) is 47.6 Å². The van der Waals surface area contributed by atoms with Crippen molar-refractivity contribution in [2.45, 2.75) is 25.9 Å². The third kappa shape index (κ3) is 4.02. The number of piperidine rings is 1. The average molecular weight is 341 g/mol. The largest absolute Gasteiger partial charge is 0.370 e. The van der Waals surface area contributed by atoms with E-state index in [1.165, 1.54) is 18.6 Å². The van der Waals surface area contributed by atoms with Gasteiger partial charge < -0.3 is 10.2 Å². The smallest absolute Gasteiger partial charge is 0.255 e. The lowest BCUT2D eigenvalue weighted by atomic mass is 10.1. The summed E-state index contributed by atoms with van der Waals surface area (Å²) < 4.78 is 13.1. The number of amides is 1. The summed E-state index contributed by atoms with van der Waals surface area (Å²) in [7, 11) is 0. The zero-order chi connectivity index (χ0) is 17.6. The van der Waals surface area contributed by atoms with Crippen LogP contribution < -0.4 is 10.2 Å².